The maximum Gasteiger partial charge on any atom is 0.164 e. The quantitative estimate of drug-likeness (QED) is 0.174. The maximum absolute atomic E-state index is 5.04. The van der Waals surface area contributed by atoms with E-state index in [2.05, 4.69) is 76.7 Å². The molecule has 6 heteroatoms. The molecule has 0 saturated heterocycles. The molecule has 8 rings (SSSR count). The molecule has 0 aliphatic heterocycles. The summed E-state index contributed by atoms with van der Waals surface area (Å²) in [5.74, 6) is 2.54. The maximum atomic E-state index is 5.04. The Morgan fingerprint density at radius 3 is 1.29 bits per heavy atom. The SMILES string of the molecule is Cc1cccc(-c2ccc(-c3cc(-c4ccc(-c5ncccn5)cc4)cc(-c4nc(-c5ccccc5)nc(-c5ccccc5)n4)c3)cc2)n1. The Labute approximate surface area is 285 Å². The Hall–Kier alpha value is -6.66. The summed E-state index contributed by atoms with van der Waals surface area (Å²) < 4.78 is 0. The first-order chi connectivity index (χ1) is 24.2. The fourth-order valence-corrected chi connectivity index (χ4v) is 5.82. The van der Waals surface area contributed by atoms with E-state index in [4.69, 9.17) is 19.9 Å². The van der Waals surface area contributed by atoms with Crippen LogP contribution in [0.15, 0.2) is 164 Å². The van der Waals surface area contributed by atoms with Gasteiger partial charge >= 0.3 is 0 Å². The number of hydrogen-bond acceptors (Lipinski definition) is 6. The van der Waals surface area contributed by atoms with Crippen LogP contribution in [-0.2, 0) is 0 Å². The zero-order valence-electron chi connectivity index (χ0n) is 26.8. The predicted octanol–water partition coefficient (Wildman–Crippen LogP) is 10.0. The van der Waals surface area contributed by atoms with Crippen LogP contribution in [0.3, 0.4) is 0 Å². The highest BCUT2D eigenvalue weighted by atomic mass is 15.0. The van der Waals surface area contributed by atoms with Crippen LogP contribution in [0, 0.1) is 6.92 Å². The van der Waals surface area contributed by atoms with Crippen molar-refractivity contribution >= 4 is 0 Å². The van der Waals surface area contributed by atoms with Crippen molar-refractivity contribution in [3.63, 3.8) is 0 Å². The molecule has 0 atom stereocenters. The summed E-state index contributed by atoms with van der Waals surface area (Å²) in [6.07, 6.45) is 3.52. The van der Waals surface area contributed by atoms with E-state index in [1.165, 1.54) is 0 Å². The zero-order chi connectivity index (χ0) is 33.0. The Balaban J connectivity index is 1.27. The summed E-state index contributed by atoms with van der Waals surface area (Å²) in [6, 6.07) is 51.4. The fourth-order valence-electron chi connectivity index (χ4n) is 5.82. The van der Waals surface area contributed by atoms with E-state index in [1.807, 2.05) is 91.9 Å². The Morgan fingerprint density at radius 2 is 0.755 bits per heavy atom. The Bertz CT molecular complexity index is 2300. The van der Waals surface area contributed by atoms with E-state index in [0.717, 1.165) is 61.5 Å². The van der Waals surface area contributed by atoms with Gasteiger partial charge in [0.05, 0.1) is 5.69 Å². The van der Waals surface area contributed by atoms with Crippen molar-refractivity contribution in [3.05, 3.63) is 170 Å². The molecule has 232 valence electrons. The third-order valence-electron chi connectivity index (χ3n) is 8.34. The lowest BCUT2D eigenvalue weighted by Gasteiger charge is -2.13. The monoisotopic (exact) mass is 630 g/mol. The highest BCUT2D eigenvalue weighted by Gasteiger charge is 2.15. The summed E-state index contributed by atoms with van der Waals surface area (Å²) in [4.78, 5) is 28.5. The van der Waals surface area contributed by atoms with Gasteiger partial charge in [-0.25, -0.2) is 24.9 Å². The van der Waals surface area contributed by atoms with E-state index in [1.54, 1.807) is 12.4 Å². The highest BCUT2D eigenvalue weighted by molar-refractivity contribution is 5.81. The largest absolute Gasteiger partial charge is 0.253 e. The zero-order valence-corrected chi connectivity index (χ0v) is 26.8. The van der Waals surface area contributed by atoms with Crippen molar-refractivity contribution in [3.8, 4) is 79.1 Å². The molecule has 3 aromatic heterocycles. The lowest BCUT2D eigenvalue weighted by molar-refractivity contribution is 1.07. The number of aryl methyl sites for hydroxylation is 1. The molecular formula is C43H30N6. The highest BCUT2D eigenvalue weighted by Crippen LogP contribution is 2.34. The Morgan fingerprint density at radius 1 is 0.306 bits per heavy atom. The summed E-state index contributed by atoms with van der Waals surface area (Å²) in [7, 11) is 0. The summed E-state index contributed by atoms with van der Waals surface area (Å²) >= 11 is 0. The minimum atomic E-state index is 0.602. The molecule has 0 radical (unpaired) electrons. The van der Waals surface area contributed by atoms with E-state index in [-0.39, 0.29) is 0 Å². The second-order valence-corrected chi connectivity index (χ2v) is 11.7. The fraction of sp³-hybridized carbons (Fsp3) is 0.0233. The minimum absolute atomic E-state index is 0.602. The van der Waals surface area contributed by atoms with Crippen LogP contribution < -0.4 is 0 Å². The molecule has 8 aromatic rings. The number of benzene rings is 5. The lowest BCUT2D eigenvalue weighted by Crippen LogP contribution is -2.00. The predicted molar refractivity (Wildman–Crippen MR) is 196 cm³/mol. The molecule has 0 aliphatic carbocycles. The number of nitrogens with zero attached hydrogens (tertiary/aromatic N) is 6. The average Bonchev–Trinajstić information content (AvgIpc) is 3.19. The third kappa shape index (κ3) is 6.48. The lowest BCUT2D eigenvalue weighted by atomic mass is 9.94. The second-order valence-electron chi connectivity index (χ2n) is 11.7. The molecule has 3 heterocycles. The van der Waals surface area contributed by atoms with Gasteiger partial charge in [0.25, 0.3) is 0 Å². The van der Waals surface area contributed by atoms with Gasteiger partial charge in [0.15, 0.2) is 23.3 Å². The normalized spacial score (nSPS) is 11.0. The van der Waals surface area contributed by atoms with Gasteiger partial charge < -0.3 is 0 Å². The number of aromatic nitrogens is 6. The van der Waals surface area contributed by atoms with Crippen LogP contribution in [0.25, 0.3) is 79.1 Å². The first kappa shape index (κ1) is 29.7. The topological polar surface area (TPSA) is 77.3 Å². The number of hydrogen-bond donors (Lipinski definition) is 0. The van der Waals surface area contributed by atoms with Crippen LogP contribution in [0.2, 0.25) is 0 Å². The van der Waals surface area contributed by atoms with E-state index in [0.29, 0.717) is 23.3 Å². The molecular weight excluding hydrogens is 601 g/mol. The van der Waals surface area contributed by atoms with Crippen LogP contribution >= 0.6 is 0 Å². The van der Waals surface area contributed by atoms with Crippen molar-refractivity contribution in [2.45, 2.75) is 6.92 Å². The molecule has 0 unspecified atom stereocenters. The van der Waals surface area contributed by atoms with E-state index in [9.17, 15) is 0 Å². The molecule has 0 fully saturated rings. The first-order valence-electron chi connectivity index (χ1n) is 16.1. The molecule has 0 saturated carbocycles. The van der Waals surface area contributed by atoms with Gasteiger partial charge in [0, 0.05) is 45.9 Å². The van der Waals surface area contributed by atoms with Gasteiger partial charge in [-0.2, -0.15) is 0 Å². The van der Waals surface area contributed by atoms with Crippen LogP contribution in [0.4, 0.5) is 0 Å². The molecule has 5 aromatic carbocycles. The molecule has 6 nitrogen and oxygen atoms in total. The van der Waals surface area contributed by atoms with Crippen molar-refractivity contribution in [1.82, 2.24) is 29.9 Å². The van der Waals surface area contributed by atoms with Gasteiger partial charge in [-0.15, -0.1) is 0 Å². The molecule has 0 spiro atoms. The minimum Gasteiger partial charge on any atom is -0.253 e. The van der Waals surface area contributed by atoms with Crippen LogP contribution in [0.5, 0.6) is 0 Å². The number of pyridine rings is 1. The summed E-state index contributed by atoms with van der Waals surface area (Å²) in [5, 5.41) is 0. The van der Waals surface area contributed by atoms with Crippen LogP contribution in [0.1, 0.15) is 5.69 Å². The van der Waals surface area contributed by atoms with Crippen molar-refractivity contribution in [2.75, 3.05) is 0 Å². The van der Waals surface area contributed by atoms with Crippen LogP contribution in [-0.4, -0.2) is 29.9 Å². The van der Waals surface area contributed by atoms with E-state index >= 15 is 0 Å². The van der Waals surface area contributed by atoms with Gasteiger partial charge in [0.1, 0.15) is 0 Å². The smallest absolute Gasteiger partial charge is 0.164 e. The molecule has 0 N–H and O–H groups in total. The van der Waals surface area contributed by atoms with Gasteiger partial charge in [0.2, 0.25) is 0 Å². The third-order valence-corrected chi connectivity index (χ3v) is 8.34. The Kier molecular flexibility index (Phi) is 8.02. The second kappa shape index (κ2) is 13.2. The van der Waals surface area contributed by atoms with Gasteiger partial charge in [-0.3, -0.25) is 4.98 Å². The van der Waals surface area contributed by atoms with Gasteiger partial charge in [-0.05, 0) is 65.6 Å². The molecule has 0 aliphatic rings. The van der Waals surface area contributed by atoms with Crippen molar-refractivity contribution < 1.29 is 0 Å². The molecule has 0 amide bonds. The van der Waals surface area contributed by atoms with Gasteiger partial charge in [-0.1, -0.05) is 115 Å². The molecule has 49 heavy (non-hydrogen) atoms. The molecule has 0 bridgehead atoms. The van der Waals surface area contributed by atoms with Crippen molar-refractivity contribution in [2.24, 2.45) is 0 Å². The summed E-state index contributed by atoms with van der Waals surface area (Å²) in [5.41, 5.74) is 11.0. The first-order valence-corrected chi connectivity index (χ1v) is 16.1. The number of rotatable bonds is 7. The standard InChI is InChI=1S/C43H30N6/c1-29-10-8-15-39(46-29)32-20-16-30(17-21-32)36-26-37(31-18-22-35(23-19-31)40-44-24-9-25-45-40)28-38(27-36)43-48-41(33-11-4-2-5-12-33)47-42(49-43)34-13-6-3-7-14-34/h2-28H,1H3. The van der Waals surface area contributed by atoms with E-state index < -0.39 is 0 Å². The average molecular weight is 631 g/mol. The van der Waals surface area contributed by atoms with Crippen molar-refractivity contribution in [1.29, 1.82) is 0 Å². The summed E-state index contributed by atoms with van der Waals surface area (Å²) in [6.45, 7) is 2.01.